The number of ether oxygens (including phenoxy) is 1. The van der Waals surface area contributed by atoms with Gasteiger partial charge in [-0.3, -0.25) is 0 Å². The lowest BCUT2D eigenvalue weighted by molar-refractivity contribution is -0.134. The zero-order valence-electron chi connectivity index (χ0n) is 17.0. The average Bonchev–Trinajstić information content (AvgIpc) is 3.18. The second-order valence-electron chi connectivity index (χ2n) is 7.53. The Kier molecular flexibility index (Phi) is 7.61. The fourth-order valence-electron chi connectivity index (χ4n) is 3.08. The van der Waals surface area contributed by atoms with Crippen molar-refractivity contribution >= 4 is 11.9 Å². The lowest BCUT2D eigenvalue weighted by Gasteiger charge is -2.13. The van der Waals surface area contributed by atoms with Gasteiger partial charge in [-0.1, -0.05) is 19.9 Å². The van der Waals surface area contributed by atoms with Crippen molar-refractivity contribution in [3.05, 3.63) is 53.7 Å². The van der Waals surface area contributed by atoms with Crippen molar-refractivity contribution in [1.29, 1.82) is 0 Å². The number of nitrogens with zero attached hydrogens (tertiary/aromatic N) is 1. The van der Waals surface area contributed by atoms with E-state index in [4.69, 9.17) is 20.7 Å². The molecule has 2 aromatic rings. The van der Waals surface area contributed by atoms with E-state index in [0.29, 0.717) is 18.1 Å². The van der Waals surface area contributed by atoms with Gasteiger partial charge in [-0.05, 0) is 42.2 Å². The molecule has 0 saturated heterocycles. The first-order chi connectivity index (χ1) is 13.7. The molecule has 4 N–H and O–H groups in total. The fraction of sp³-hybridized carbons (Fsp3) is 0.364. The Bertz CT molecular complexity index is 881. The lowest BCUT2D eigenvalue weighted by atomic mass is 10.1. The normalized spacial score (nSPS) is 12.9. The number of rotatable bonds is 7. The third-order valence-corrected chi connectivity index (χ3v) is 4.20. The predicted molar refractivity (Wildman–Crippen MR) is 111 cm³/mol. The number of carboxylic acids is 2. The third kappa shape index (κ3) is 6.50. The summed E-state index contributed by atoms with van der Waals surface area (Å²) >= 11 is 0. The molecule has 1 aromatic heterocycles. The van der Waals surface area contributed by atoms with Gasteiger partial charge < -0.3 is 25.3 Å². The standard InChI is InChI=1S/C18H24N2O.C4H4O4/c1-12(2)11-21-16-5-4-14-8-15-6-7-20(10-13(3)19)18(15)17(14)9-16;5-3(6)1-2-4(7)8/h4-7,9,12-13H,8,10-11,19H2,1-3H3;1-2H,(H,5,6)(H,7,8). The van der Waals surface area contributed by atoms with Crippen molar-refractivity contribution in [3.8, 4) is 17.0 Å². The maximum atomic E-state index is 9.55. The fourth-order valence-corrected chi connectivity index (χ4v) is 3.08. The second-order valence-corrected chi connectivity index (χ2v) is 7.53. The minimum Gasteiger partial charge on any atom is -0.493 e. The molecule has 1 aliphatic rings. The van der Waals surface area contributed by atoms with E-state index in [2.05, 4.69) is 48.9 Å². The molecular formula is C22H28N2O5. The van der Waals surface area contributed by atoms with Crippen LogP contribution < -0.4 is 10.5 Å². The van der Waals surface area contributed by atoms with Crippen LogP contribution in [0.25, 0.3) is 11.3 Å². The van der Waals surface area contributed by atoms with Crippen molar-refractivity contribution in [2.24, 2.45) is 11.7 Å². The highest BCUT2D eigenvalue weighted by Gasteiger charge is 2.23. The maximum absolute atomic E-state index is 9.55. The summed E-state index contributed by atoms with van der Waals surface area (Å²) in [5.41, 5.74) is 11.4. The second kappa shape index (κ2) is 9.93. The minimum atomic E-state index is -1.26. The van der Waals surface area contributed by atoms with E-state index in [1.54, 1.807) is 0 Å². The minimum absolute atomic E-state index is 0.158. The molecule has 0 fully saturated rings. The van der Waals surface area contributed by atoms with Crippen LogP contribution in [0.1, 0.15) is 31.9 Å². The number of aromatic nitrogens is 1. The largest absolute Gasteiger partial charge is 0.493 e. The molecule has 0 spiro atoms. The summed E-state index contributed by atoms with van der Waals surface area (Å²) in [7, 11) is 0. The number of aliphatic carboxylic acids is 2. The highest BCUT2D eigenvalue weighted by molar-refractivity contribution is 5.89. The van der Waals surface area contributed by atoms with E-state index in [0.717, 1.165) is 25.3 Å². The molecule has 7 heteroatoms. The van der Waals surface area contributed by atoms with Crippen LogP contribution in [0, 0.1) is 5.92 Å². The van der Waals surface area contributed by atoms with Gasteiger partial charge in [-0.2, -0.15) is 0 Å². The molecule has 156 valence electrons. The van der Waals surface area contributed by atoms with Gasteiger partial charge in [0.15, 0.2) is 0 Å². The van der Waals surface area contributed by atoms with Crippen LogP contribution in [0.2, 0.25) is 0 Å². The molecule has 0 aliphatic heterocycles. The molecule has 29 heavy (non-hydrogen) atoms. The Morgan fingerprint density at radius 1 is 1.14 bits per heavy atom. The van der Waals surface area contributed by atoms with Gasteiger partial charge in [-0.25, -0.2) is 9.59 Å². The Hall–Kier alpha value is -3.06. The van der Waals surface area contributed by atoms with Crippen molar-refractivity contribution in [2.45, 2.75) is 39.8 Å². The smallest absolute Gasteiger partial charge is 0.328 e. The molecule has 0 saturated carbocycles. The Balaban J connectivity index is 0.000000321. The number of fused-ring (bicyclic) bond motifs is 3. The summed E-state index contributed by atoms with van der Waals surface area (Å²) in [6, 6.07) is 8.84. The molecule has 1 atom stereocenters. The summed E-state index contributed by atoms with van der Waals surface area (Å²) < 4.78 is 8.15. The number of carbonyl (C=O) groups is 2. The lowest BCUT2D eigenvalue weighted by Crippen LogP contribution is -2.22. The molecule has 1 unspecified atom stereocenters. The quantitative estimate of drug-likeness (QED) is 0.525. The van der Waals surface area contributed by atoms with E-state index in [1.807, 2.05) is 6.92 Å². The van der Waals surface area contributed by atoms with E-state index in [9.17, 15) is 9.59 Å². The van der Waals surface area contributed by atoms with Gasteiger partial charge in [-0.15, -0.1) is 0 Å². The van der Waals surface area contributed by atoms with Gasteiger partial charge in [0, 0.05) is 42.9 Å². The number of hydrogen-bond donors (Lipinski definition) is 3. The van der Waals surface area contributed by atoms with Crippen LogP contribution in [0.3, 0.4) is 0 Å². The molecule has 0 bridgehead atoms. The summed E-state index contributed by atoms with van der Waals surface area (Å²) in [6.45, 7) is 7.99. The SMILES string of the molecule is CC(C)COc1ccc2c(c1)-c1c(ccn1CC(C)N)C2.O=C(O)C=CC(=O)O. The van der Waals surface area contributed by atoms with Crippen LogP contribution in [0.15, 0.2) is 42.6 Å². The Morgan fingerprint density at radius 2 is 1.79 bits per heavy atom. The summed E-state index contributed by atoms with van der Waals surface area (Å²) in [6.07, 6.45) is 4.28. The molecule has 7 nitrogen and oxygen atoms in total. The van der Waals surface area contributed by atoms with Crippen molar-refractivity contribution in [3.63, 3.8) is 0 Å². The van der Waals surface area contributed by atoms with Gasteiger partial charge in [0.25, 0.3) is 0 Å². The average molecular weight is 400 g/mol. The molecule has 0 amide bonds. The van der Waals surface area contributed by atoms with Gasteiger partial charge >= 0.3 is 11.9 Å². The highest BCUT2D eigenvalue weighted by Crippen LogP contribution is 2.39. The zero-order chi connectivity index (χ0) is 21.6. The van der Waals surface area contributed by atoms with Gasteiger partial charge in [0.05, 0.1) is 12.3 Å². The van der Waals surface area contributed by atoms with Gasteiger partial charge in [0.1, 0.15) is 5.75 Å². The van der Waals surface area contributed by atoms with Crippen molar-refractivity contribution < 1.29 is 24.5 Å². The Labute approximate surface area is 170 Å². The van der Waals surface area contributed by atoms with Crippen molar-refractivity contribution in [2.75, 3.05) is 6.61 Å². The molecular weight excluding hydrogens is 372 g/mol. The van der Waals surface area contributed by atoms with E-state index in [-0.39, 0.29) is 6.04 Å². The van der Waals surface area contributed by atoms with Gasteiger partial charge in [0.2, 0.25) is 0 Å². The maximum Gasteiger partial charge on any atom is 0.328 e. The first-order valence-electron chi connectivity index (χ1n) is 9.51. The molecule has 1 heterocycles. The first kappa shape index (κ1) is 22.2. The topological polar surface area (TPSA) is 115 Å². The number of benzene rings is 1. The molecule has 1 aromatic carbocycles. The van der Waals surface area contributed by atoms with Crippen LogP contribution >= 0.6 is 0 Å². The first-order valence-corrected chi connectivity index (χ1v) is 9.51. The van der Waals surface area contributed by atoms with Crippen LogP contribution in [0.5, 0.6) is 5.75 Å². The number of hydrogen-bond acceptors (Lipinski definition) is 4. The van der Waals surface area contributed by atoms with Crippen LogP contribution in [0.4, 0.5) is 0 Å². The van der Waals surface area contributed by atoms with E-state index >= 15 is 0 Å². The Morgan fingerprint density at radius 3 is 2.34 bits per heavy atom. The predicted octanol–water partition coefficient (Wildman–Crippen LogP) is 3.15. The molecule has 0 radical (unpaired) electrons. The van der Waals surface area contributed by atoms with E-state index in [1.165, 1.54) is 22.4 Å². The van der Waals surface area contributed by atoms with Crippen LogP contribution in [-0.4, -0.2) is 39.4 Å². The zero-order valence-corrected chi connectivity index (χ0v) is 17.0. The highest BCUT2D eigenvalue weighted by atomic mass is 16.5. The summed E-state index contributed by atoms with van der Waals surface area (Å²) in [5.74, 6) is -1.01. The van der Waals surface area contributed by atoms with Crippen LogP contribution in [-0.2, 0) is 22.6 Å². The number of carboxylic acid groups (broad SMARTS) is 2. The van der Waals surface area contributed by atoms with Crippen molar-refractivity contribution in [1.82, 2.24) is 4.57 Å². The molecule has 1 aliphatic carbocycles. The summed E-state index contributed by atoms with van der Waals surface area (Å²) in [5, 5.41) is 15.6. The number of nitrogens with two attached hydrogens (primary N) is 1. The molecule has 3 rings (SSSR count). The third-order valence-electron chi connectivity index (χ3n) is 4.20. The van der Waals surface area contributed by atoms with E-state index < -0.39 is 11.9 Å². The monoisotopic (exact) mass is 400 g/mol. The summed E-state index contributed by atoms with van der Waals surface area (Å²) in [4.78, 5) is 19.1.